The Hall–Kier alpha value is -3.09. The number of allylic oxidation sites excluding steroid dienone is 3. The van der Waals surface area contributed by atoms with Crippen molar-refractivity contribution in [1.29, 1.82) is 0 Å². The topological polar surface area (TPSA) is 98.7 Å². The number of rotatable bonds is 3. The van der Waals surface area contributed by atoms with E-state index in [4.69, 9.17) is 0 Å². The van der Waals surface area contributed by atoms with E-state index in [0.717, 1.165) is 19.3 Å². The molecule has 7 heteroatoms. The second-order valence-corrected chi connectivity index (χ2v) is 16.8. The number of aromatic carboxylic acids is 1. The van der Waals surface area contributed by atoms with E-state index < -0.39 is 5.97 Å². The van der Waals surface area contributed by atoms with E-state index in [1.54, 1.807) is 18.2 Å². The summed E-state index contributed by atoms with van der Waals surface area (Å²) in [7, 11) is 0. The lowest BCUT2D eigenvalue weighted by molar-refractivity contribution is -0.210. The predicted octanol–water partition coefficient (Wildman–Crippen LogP) is 8.32. The number of carbonyl (C=O) groups excluding carboxylic acids is 2. The van der Waals surface area contributed by atoms with Crippen LogP contribution in [0.5, 0.6) is 0 Å². The van der Waals surface area contributed by atoms with Crippen molar-refractivity contribution in [1.82, 2.24) is 15.5 Å². The van der Waals surface area contributed by atoms with E-state index in [1.807, 2.05) is 24.0 Å². The summed E-state index contributed by atoms with van der Waals surface area (Å²) in [5.74, 6) is 2.07. The van der Waals surface area contributed by atoms with Gasteiger partial charge in [-0.2, -0.15) is 0 Å². The maximum absolute atomic E-state index is 13.6. The van der Waals surface area contributed by atoms with Gasteiger partial charge in [0.1, 0.15) is 0 Å². The first-order valence-corrected chi connectivity index (χ1v) is 18.8. The number of hydrogen-bond donors (Lipinski definition) is 3. The van der Waals surface area contributed by atoms with Gasteiger partial charge in [-0.1, -0.05) is 58.4 Å². The number of carboxylic acids is 1. The molecule has 8 unspecified atom stereocenters. The second kappa shape index (κ2) is 13.0. The van der Waals surface area contributed by atoms with Crippen LogP contribution in [0.2, 0.25) is 0 Å². The molecule has 5 aliphatic carbocycles. The van der Waals surface area contributed by atoms with E-state index in [0.29, 0.717) is 61.2 Å². The van der Waals surface area contributed by atoms with Crippen LogP contribution in [-0.2, 0) is 4.79 Å². The first-order chi connectivity index (χ1) is 22.8. The average Bonchev–Trinajstić information content (AvgIpc) is 3.34. The Morgan fingerprint density at radius 3 is 2.40 bits per heavy atom. The van der Waals surface area contributed by atoms with Crippen LogP contribution in [0.3, 0.4) is 0 Å². The van der Waals surface area contributed by atoms with Crippen molar-refractivity contribution >= 4 is 23.5 Å². The minimum Gasteiger partial charge on any atom is -0.478 e. The highest BCUT2D eigenvalue weighted by atomic mass is 16.4. The molecule has 0 radical (unpaired) electrons. The molecule has 1 saturated heterocycles. The molecule has 9 atom stereocenters. The number of fused-ring (bicyclic) bond motifs is 7. The molecule has 3 amide bonds. The molecule has 5 fully saturated rings. The third-order valence-corrected chi connectivity index (χ3v) is 15.0. The maximum Gasteiger partial charge on any atom is 0.335 e. The van der Waals surface area contributed by atoms with E-state index in [-0.39, 0.29) is 33.7 Å². The van der Waals surface area contributed by atoms with Gasteiger partial charge in [0.25, 0.3) is 0 Å². The Kier molecular flexibility index (Phi) is 9.40. The third kappa shape index (κ3) is 5.51. The molecule has 1 heterocycles. The van der Waals surface area contributed by atoms with Crippen molar-refractivity contribution in [2.45, 2.75) is 111 Å². The molecular weight excluding hydrogens is 598 g/mol. The van der Waals surface area contributed by atoms with E-state index in [1.165, 1.54) is 56.1 Å². The summed E-state index contributed by atoms with van der Waals surface area (Å²) in [5, 5.41) is 15.9. The molecule has 3 N–H and O–H groups in total. The van der Waals surface area contributed by atoms with Gasteiger partial charge in [0, 0.05) is 31.6 Å². The molecule has 1 aliphatic heterocycles. The van der Waals surface area contributed by atoms with Crippen LogP contribution in [0.25, 0.3) is 5.57 Å². The standard InChI is InChI=1S/C38H53N3O4.C3H6/c1-24-27(25-7-9-26(10-8-25)33(43)44)13-17-35(2)28(24)14-18-37(4)31(35)12-11-29-30-6-5-16-38(30,20-19-36(29,37)3)40-34(45)41-22-15-32(42)39-21-23-41;1-3-2/h7-10,13,24,28-31H,5-6,11-12,14-23H2,1-4H3,(H,39,42)(H,40,45)(H,43,44);3H,1H2,2H3/t24?,28?,29?,30?,31?,35?,36-,37?,38?;/m1./s1. The van der Waals surface area contributed by atoms with Crippen molar-refractivity contribution in [3.63, 3.8) is 0 Å². The summed E-state index contributed by atoms with van der Waals surface area (Å²) >= 11 is 0. The molecule has 7 nitrogen and oxygen atoms in total. The number of carboxylic acid groups (broad SMARTS) is 1. The van der Waals surface area contributed by atoms with Crippen molar-refractivity contribution in [2.75, 3.05) is 19.6 Å². The van der Waals surface area contributed by atoms with Crippen molar-refractivity contribution in [3.8, 4) is 0 Å². The fourth-order valence-corrected chi connectivity index (χ4v) is 12.5. The van der Waals surface area contributed by atoms with Gasteiger partial charge >= 0.3 is 12.0 Å². The summed E-state index contributed by atoms with van der Waals surface area (Å²) in [5.41, 5.74) is 3.58. The zero-order valence-electron chi connectivity index (χ0n) is 30.1. The lowest BCUT2D eigenvalue weighted by Gasteiger charge is -2.71. The number of amides is 3. The van der Waals surface area contributed by atoms with Crippen molar-refractivity contribution in [3.05, 3.63) is 54.1 Å². The molecule has 0 spiro atoms. The summed E-state index contributed by atoms with van der Waals surface area (Å²) in [6, 6.07) is 7.54. The van der Waals surface area contributed by atoms with Gasteiger partial charge in [0.15, 0.2) is 0 Å². The second-order valence-electron chi connectivity index (χ2n) is 16.8. The highest BCUT2D eigenvalue weighted by molar-refractivity contribution is 5.88. The average molecular weight is 658 g/mol. The van der Waals surface area contributed by atoms with Gasteiger partial charge in [0.05, 0.1) is 5.56 Å². The van der Waals surface area contributed by atoms with Crippen LogP contribution in [-0.4, -0.2) is 53.1 Å². The number of urea groups is 1. The van der Waals surface area contributed by atoms with Gasteiger partial charge in [0.2, 0.25) is 5.91 Å². The van der Waals surface area contributed by atoms with Crippen LogP contribution in [0, 0.1) is 45.8 Å². The van der Waals surface area contributed by atoms with Crippen LogP contribution in [0.15, 0.2) is 43.0 Å². The quantitative estimate of drug-likeness (QED) is 0.285. The predicted molar refractivity (Wildman–Crippen MR) is 191 cm³/mol. The van der Waals surface area contributed by atoms with E-state index >= 15 is 0 Å². The van der Waals surface area contributed by atoms with Crippen molar-refractivity contribution < 1.29 is 19.5 Å². The summed E-state index contributed by atoms with van der Waals surface area (Å²) in [6.07, 6.45) is 16.5. The Morgan fingerprint density at radius 1 is 0.958 bits per heavy atom. The van der Waals surface area contributed by atoms with Gasteiger partial charge < -0.3 is 20.6 Å². The van der Waals surface area contributed by atoms with Crippen LogP contribution in [0.1, 0.15) is 121 Å². The Balaban J connectivity index is 0.00000129. The van der Waals surface area contributed by atoms with Crippen molar-refractivity contribution in [2.24, 2.45) is 45.8 Å². The van der Waals surface area contributed by atoms with Gasteiger partial charge in [-0.25, -0.2) is 9.59 Å². The Labute approximate surface area is 288 Å². The fourth-order valence-electron chi connectivity index (χ4n) is 12.5. The van der Waals surface area contributed by atoms with E-state index in [2.05, 4.69) is 51.0 Å². The minimum absolute atomic E-state index is 0.0336. The normalized spacial score (nSPS) is 40.2. The first-order valence-electron chi connectivity index (χ1n) is 18.8. The molecule has 48 heavy (non-hydrogen) atoms. The van der Waals surface area contributed by atoms with Crippen LogP contribution >= 0.6 is 0 Å². The maximum atomic E-state index is 13.6. The number of hydrogen-bond acceptors (Lipinski definition) is 3. The monoisotopic (exact) mass is 657 g/mol. The molecule has 6 aliphatic rings. The number of nitrogens with one attached hydrogen (secondary N) is 2. The van der Waals surface area contributed by atoms with Crippen LogP contribution in [0.4, 0.5) is 4.79 Å². The molecule has 262 valence electrons. The highest BCUT2D eigenvalue weighted by Gasteiger charge is 2.68. The molecule has 0 bridgehead atoms. The zero-order valence-corrected chi connectivity index (χ0v) is 30.1. The number of carbonyl (C=O) groups is 3. The van der Waals surface area contributed by atoms with E-state index in [9.17, 15) is 19.5 Å². The number of nitrogens with zero attached hydrogens (tertiary/aromatic N) is 1. The fraction of sp³-hybridized carbons (Fsp3) is 0.683. The highest BCUT2D eigenvalue weighted by Crippen LogP contribution is 2.75. The molecule has 7 rings (SSSR count). The lowest BCUT2D eigenvalue weighted by atomic mass is 9.34. The molecule has 1 aromatic rings. The molecule has 4 saturated carbocycles. The summed E-state index contributed by atoms with van der Waals surface area (Å²) < 4.78 is 0. The SMILES string of the molecule is C=CC.CC1C(c2ccc(C(=O)O)cc2)=CCC2(C)C1CCC1(C)C2CCC2C3CCCC3(NC(=O)N3CCNC(=O)CC3)CC[C@]21C. The number of benzene rings is 1. The van der Waals surface area contributed by atoms with Gasteiger partial charge in [-0.3, -0.25) is 4.79 Å². The van der Waals surface area contributed by atoms with Gasteiger partial charge in [-0.05, 0) is 134 Å². The lowest BCUT2D eigenvalue weighted by Crippen LogP contribution is -2.67. The largest absolute Gasteiger partial charge is 0.478 e. The summed E-state index contributed by atoms with van der Waals surface area (Å²) in [6.45, 7) is 17.2. The molecular formula is C41H59N3O4. The molecule has 1 aromatic carbocycles. The first kappa shape index (κ1) is 34.8. The smallest absolute Gasteiger partial charge is 0.335 e. The Morgan fingerprint density at radius 2 is 1.69 bits per heavy atom. The Bertz CT molecular complexity index is 1450. The zero-order chi connectivity index (χ0) is 34.5. The van der Waals surface area contributed by atoms with Crippen LogP contribution < -0.4 is 10.6 Å². The third-order valence-electron chi connectivity index (χ3n) is 15.0. The summed E-state index contributed by atoms with van der Waals surface area (Å²) in [4.78, 5) is 38.9. The van der Waals surface area contributed by atoms with Gasteiger partial charge in [-0.15, -0.1) is 6.58 Å². The molecule has 0 aromatic heterocycles. The minimum atomic E-state index is -0.872.